The number of amides is 1. The van der Waals surface area contributed by atoms with Gasteiger partial charge in [-0.2, -0.15) is 0 Å². The smallest absolute Gasteiger partial charge is 0.224 e. The maximum atomic E-state index is 11.8. The average Bonchev–Trinajstić information content (AvgIpc) is 3.43. The van der Waals surface area contributed by atoms with E-state index in [2.05, 4.69) is 59.0 Å². The number of imidazole rings is 1. The fourth-order valence-electron chi connectivity index (χ4n) is 6.07. The molecule has 5 rings (SSSR count). The summed E-state index contributed by atoms with van der Waals surface area (Å²) in [4.78, 5) is 19.3. The van der Waals surface area contributed by atoms with Gasteiger partial charge >= 0.3 is 0 Å². The zero-order valence-corrected chi connectivity index (χ0v) is 21.5. The lowest BCUT2D eigenvalue weighted by molar-refractivity contribution is -0.115. The van der Waals surface area contributed by atoms with E-state index in [1.54, 1.807) is 0 Å². The number of carbonyl (C=O) groups is 1. The Balaban J connectivity index is 1.26. The number of nitrogens with zero attached hydrogens (tertiary/aromatic N) is 3. The van der Waals surface area contributed by atoms with Gasteiger partial charge < -0.3 is 19.5 Å². The second-order valence-electron chi connectivity index (χ2n) is 10.3. The second-order valence-corrected chi connectivity index (χ2v) is 10.3. The van der Waals surface area contributed by atoms with Crippen LogP contribution in [0.15, 0.2) is 36.4 Å². The Morgan fingerprint density at radius 1 is 1.14 bits per heavy atom. The molecule has 2 aliphatic rings. The van der Waals surface area contributed by atoms with Gasteiger partial charge in [0.15, 0.2) is 0 Å². The fourth-order valence-corrected chi connectivity index (χ4v) is 6.07. The molecule has 0 spiro atoms. The van der Waals surface area contributed by atoms with E-state index in [1.165, 1.54) is 22.2 Å². The number of hydrogen-bond donors (Lipinski definition) is 1. The number of carbonyl (C=O) groups excluding carboxylic acids is 1. The van der Waals surface area contributed by atoms with Crippen LogP contribution in [0.3, 0.4) is 0 Å². The first-order valence-electron chi connectivity index (χ1n) is 13.1. The molecule has 2 aromatic carbocycles. The van der Waals surface area contributed by atoms with E-state index in [0.717, 1.165) is 62.3 Å². The van der Waals surface area contributed by atoms with Crippen molar-refractivity contribution in [2.75, 3.05) is 32.1 Å². The van der Waals surface area contributed by atoms with Gasteiger partial charge in [0, 0.05) is 45.3 Å². The molecule has 35 heavy (non-hydrogen) atoms. The molecule has 1 saturated heterocycles. The standard InChI is InChI=1S/C29H38N4O2/c1-5-28-31-24-13-19(3)7-10-25(24)33(28)26-11-12-32(18-27(26)35-4)17-20-14-21-8-9-23(16-22(21)15-20)30-29(34)6-2/h7-10,13,16,20,26-27H,5-6,11-12,14-15,17-18H2,1-4H3,(H,30,34)/t20-,26?,27?/m1/s1. The summed E-state index contributed by atoms with van der Waals surface area (Å²) in [5, 5.41) is 3.00. The van der Waals surface area contributed by atoms with Gasteiger partial charge in [-0.3, -0.25) is 4.79 Å². The molecule has 0 bridgehead atoms. The summed E-state index contributed by atoms with van der Waals surface area (Å²) in [5.74, 6) is 1.84. The van der Waals surface area contributed by atoms with Crippen LogP contribution in [0.5, 0.6) is 0 Å². The third-order valence-electron chi connectivity index (χ3n) is 7.82. The zero-order valence-electron chi connectivity index (χ0n) is 21.5. The van der Waals surface area contributed by atoms with Gasteiger partial charge in [0.1, 0.15) is 5.82 Å². The van der Waals surface area contributed by atoms with Crippen LogP contribution >= 0.6 is 0 Å². The number of aryl methyl sites for hydroxylation is 2. The molecule has 2 heterocycles. The Morgan fingerprint density at radius 2 is 1.97 bits per heavy atom. The number of piperidine rings is 1. The van der Waals surface area contributed by atoms with E-state index in [0.29, 0.717) is 18.4 Å². The molecule has 1 N–H and O–H groups in total. The van der Waals surface area contributed by atoms with Crippen LogP contribution in [0.1, 0.15) is 55.2 Å². The predicted molar refractivity (Wildman–Crippen MR) is 141 cm³/mol. The summed E-state index contributed by atoms with van der Waals surface area (Å²) in [6, 6.07) is 13.3. The number of ether oxygens (including phenoxy) is 1. The number of anilines is 1. The zero-order chi connectivity index (χ0) is 24.5. The Labute approximate surface area is 208 Å². The highest BCUT2D eigenvalue weighted by Crippen LogP contribution is 2.34. The van der Waals surface area contributed by atoms with Crippen molar-refractivity contribution in [3.05, 3.63) is 58.9 Å². The first-order valence-corrected chi connectivity index (χ1v) is 13.1. The highest BCUT2D eigenvalue weighted by molar-refractivity contribution is 5.90. The van der Waals surface area contributed by atoms with Gasteiger partial charge in [0.05, 0.1) is 23.2 Å². The minimum absolute atomic E-state index is 0.0695. The van der Waals surface area contributed by atoms with Crippen molar-refractivity contribution >= 4 is 22.6 Å². The molecule has 2 unspecified atom stereocenters. The van der Waals surface area contributed by atoms with Gasteiger partial charge in [0.25, 0.3) is 0 Å². The highest BCUT2D eigenvalue weighted by Gasteiger charge is 2.34. The number of benzene rings is 2. The lowest BCUT2D eigenvalue weighted by Crippen LogP contribution is -2.47. The molecule has 3 atom stereocenters. The summed E-state index contributed by atoms with van der Waals surface area (Å²) in [6.07, 6.45) is 4.83. The van der Waals surface area contributed by atoms with Crippen molar-refractivity contribution in [2.45, 2.75) is 65.0 Å². The van der Waals surface area contributed by atoms with Crippen LogP contribution in [0.4, 0.5) is 5.69 Å². The number of hydrogen-bond acceptors (Lipinski definition) is 4. The summed E-state index contributed by atoms with van der Waals surface area (Å²) >= 11 is 0. The van der Waals surface area contributed by atoms with Gasteiger partial charge in [0.2, 0.25) is 5.91 Å². The summed E-state index contributed by atoms with van der Waals surface area (Å²) in [6.45, 7) is 9.31. The van der Waals surface area contributed by atoms with Crippen molar-refractivity contribution in [3.63, 3.8) is 0 Å². The van der Waals surface area contributed by atoms with Gasteiger partial charge in [-0.15, -0.1) is 0 Å². The van der Waals surface area contributed by atoms with Gasteiger partial charge in [-0.25, -0.2) is 4.98 Å². The van der Waals surface area contributed by atoms with Crippen molar-refractivity contribution < 1.29 is 9.53 Å². The van der Waals surface area contributed by atoms with Crippen LogP contribution < -0.4 is 5.32 Å². The number of nitrogens with one attached hydrogen (secondary N) is 1. The van der Waals surface area contributed by atoms with Crippen LogP contribution in [0, 0.1) is 12.8 Å². The first kappa shape index (κ1) is 24.0. The number of aromatic nitrogens is 2. The minimum atomic E-state index is 0.0695. The van der Waals surface area contributed by atoms with Crippen LogP contribution in [0.2, 0.25) is 0 Å². The molecule has 1 aromatic heterocycles. The van der Waals surface area contributed by atoms with Crippen molar-refractivity contribution in [2.24, 2.45) is 5.92 Å². The monoisotopic (exact) mass is 474 g/mol. The number of fused-ring (bicyclic) bond motifs is 2. The molecule has 1 amide bonds. The lowest BCUT2D eigenvalue weighted by Gasteiger charge is -2.40. The molecule has 0 radical (unpaired) electrons. The van der Waals surface area contributed by atoms with E-state index < -0.39 is 0 Å². The molecule has 6 nitrogen and oxygen atoms in total. The largest absolute Gasteiger partial charge is 0.378 e. The summed E-state index contributed by atoms with van der Waals surface area (Å²) in [5.41, 5.74) is 7.30. The predicted octanol–water partition coefficient (Wildman–Crippen LogP) is 4.93. The van der Waals surface area contributed by atoms with Crippen molar-refractivity contribution in [1.82, 2.24) is 14.5 Å². The van der Waals surface area contributed by atoms with Gasteiger partial charge in [-0.1, -0.05) is 26.0 Å². The maximum Gasteiger partial charge on any atom is 0.224 e. The Kier molecular flexibility index (Phi) is 6.94. The van der Waals surface area contributed by atoms with Crippen LogP contribution in [-0.4, -0.2) is 53.2 Å². The third kappa shape index (κ3) is 4.87. The topological polar surface area (TPSA) is 59.4 Å². The molecule has 6 heteroatoms. The summed E-state index contributed by atoms with van der Waals surface area (Å²) < 4.78 is 8.55. The number of likely N-dealkylation sites (tertiary alicyclic amines) is 1. The quantitative estimate of drug-likeness (QED) is 0.527. The van der Waals surface area contributed by atoms with E-state index in [1.807, 2.05) is 20.1 Å². The fraction of sp³-hybridized carbons (Fsp3) is 0.517. The molecular weight excluding hydrogens is 436 g/mol. The van der Waals surface area contributed by atoms with E-state index in [4.69, 9.17) is 9.72 Å². The minimum Gasteiger partial charge on any atom is -0.378 e. The molecule has 1 aliphatic heterocycles. The van der Waals surface area contributed by atoms with Crippen LogP contribution in [-0.2, 0) is 28.8 Å². The van der Waals surface area contributed by atoms with E-state index in [9.17, 15) is 4.79 Å². The maximum absolute atomic E-state index is 11.8. The average molecular weight is 475 g/mol. The Bertz CT molecular complexity index is 1220. The third-order valence-corrected chi connectivity index (χ3v) is 7.82. The molecule has 0 saturated carbocycles. The number of methoxy groups -OCH3 is 1. The van der Waals surface area contributed by atoms with E-state index in [-0.39, 0.29) is 12.0 Å². The highest BCUT2D eigenvalue weighted by atomic mass is 16.5. The van der Waals surface area contributed by atoms with Crippen LogP contribution in [0.25, 0.3) is 11.0 Å². The summed E-state index contributed by atoms with van der Waals surface area (Å²) in [7, 11) is 1.85. The molecule has 1 aliphatic carbocycles. The molecule has 186 valence electrons. The van der Waals surface area contributed by atoms with E-state index >= 15 is 0 Å². The molecule has 3 aromatic rings. The second kappa shape index (κ2) is 10.1. The van der Waals surface area contributed by atoms with Crippen molar-refractivity contribution in [3.8, 4) is 0 Å². The van der Waals surface area contributed by atoms with Gasteiger partial charge in [-0.05, 0) is 73.1 Å². The Morgan fingerprint density at radius 3 is 2.74 bits per heavy atom. The molecule has 1 fully saturated rings. The Hall–Kier alpha value is -2.70. The van der Waals surface area contributed by atoms with Crippen molar-refractivity contribution in [1.29, 1.82) is 0 Å². The first-order chi connectivity index (χ1) is 17.0. The number of rotatable bonds is 7. The molecular formula is C29H38N4O2. The lowest BCUT2D eigenvalue weighted by atomic mass is 9.98. The SMILES string of the molecule is CCC(=O)Nc1ccc2c(c1)C[C@H](CN1CCC(n3c(CC)nc4cc(C)ccc43)C(OC)C1)C2. The normalized spacial score (nSPS) is 22.5.